The molecule has 0 unspecified atom stereocenters. The van der Waals surface area contributed by atoms with Gasteiger partial charge < -0.3 is 10.2 Å². The summed E-state index contributed by atoms with van der Waals surface area (Å²) >= 11 is 0. The molecule has 0 bridgehead atoms. The van der Waals surface area contributed by atoms with Crippen molar-refractivity contribution >= 4 is 5.97 Å². The van der Waals surface area contributed by atoms with E-state index >= 15 is 0 Å². The van der Waals surface area contributed by atoms with Gasteiger partial charge in [0.1, 0.15) is 5.69 Å². The number of aliphatic hydroxyl groups is 1. The van der Waals surface area contributed by atoms with E-state index in [4.69, 9.17) is 10.2 Å². The highest BCUT2D eigenvalue weighted by Crippen LogP contribution is 2.18. The summed E-state index contributed by atoms with van der Waals surface area (Å²) in [5.41, 5.74) is 2.54. The zero-order chi connectivity index (χ0) is 12.3. The van der Waals surface area contributed by atoms with Crippen LogP contribution in [0.2, 0.25) is 0 Å². The average molecular weight is 232 g/mol. The number of aliphatic hydroxyl groups excluding tert-OH is 1. The number of carboxylic acid groups (broad SMARTS) is 1. The second kappa shape index (κ2) is 4.80. The van der Waals surface area contributed by atoms with E-state index in [-0.39, 0.29) is 12.3 Å². The first kappa shape index (κ1) is 11.3. The zero-order valence-corrected chi connectivity index (χ0v) is 9.05. The number of aromatic nitrogens is 2. The topological polar surface area (TPSA) is 86.2 Å². The first-order chi connectivity index (χ1) is 8.20. The number of benzene rings is 1. The van der Waals surface area contributed by atoms with Gasteiger partial charge in [-0.1, -0.05) is 24.3 Å². The molecule has 17 heavy (non-hydrogen) atoms. The van der Waals surface area contributed by atoms with Gasteiger partial charge in [-0.2, -0.15) is 5.10 Å². The van der Waals surface area contributed by atoms with Crippen molar-refractivity contribution in [2.24, 2.45) is 0 Å². The Balaban J connectivity index is 2.23. The first-order valence-electron chi connectivity index (χ1n) is 5.19. The molecular weight excluding hydrogens is 220 g/mol. The highest BCUT2D eigenvalue weighted by Gasteiger charge is 2.08. The lowest BCUT2D eigenvalue weighted by atomic mass is 10.1. The Morgan fingerprint density at radius 3 is 2.53 bits per heavy atom. The van der Waals surface area contributed by atoms with Crippen LogP contribution in [0.1, 0.15) is 16.1 Å². The normalized spacial score (nSPS) is 10.4. The van der Waals surface area contributed by atoms with Gasteiger partial charge in [-0.25, -0.2) is 4.79 Å². The fourth-order valence-electron chi connectivity index (χ4n) is 1.55. The Morgan fingerprint density at radius 2 is 2.00 bits per heavy atom. The minimum Gasteiger partial charge on any atom is -0.477 e. The summed E-state index contributed by atoms with van der Waals surface area (Å²) in [5.74, 6) is -1.03. The second-order valence-corrected chi connectivity index (χ2v) is 3.64. The molecule has 2 rings (SSSR count). The zero-order valence-electron chi connectivity index (χ0n) is 9.05. The first-order valence-corrected chi connectivity index (χ1v) is 5.19. The minimum atomic E-state index is -1.03. The summed E-state index contributed by atoms with van der Waals surface area (Å²) in [4.78, 5) is 10.7. The van der Waals surface area contributed by atoms with Crippen LogP contribution < -0.4 is 0 Å². The van der Waals surface area contributed by atoms with Crippen molar-refractivity contribution in [2.75, 3.05) is 6.61 Å². The highest BCUT2D eigenvalue weighted by atomic mass is 16.4. The Hall–Kier alpha value is -2.14. The van der Waals surface area contributed by atoms with E-state index in [0.29, 0.717) is 12.1 Å². The van der Waals surface area contributed by atoms with Crippen molar-refractivity contribution in [3.05, 3.63) is 41.6 Å². The quantitative estimate of drug-likeness (QED) is 0.741. The minimum absolute atomic E-state index is 0.0689. The Bertz CT molecular complexity index is 517. The summed E-state index contributed by atoms with van der Waals surface area (Å²) in [6, 6.07) is 8.98. The molecule has 0 radical (unpaired) electrons. The molecule has 1 aromatic carbocycles. The molecule has 0 spiro atoms. The Morgan fingerprint density at radius 1 is 1.29 bits per heavy atom. The number of hydrogen-bond donors (Lipinski definition) is 3. The van der Waals surface area contributed by atoms with Gasteiger partial charge in [-0.3, -0.25) is 5.10 Å². The molecule has 0 amide bonds. The fourth-order valence-corrected chi connectivity index (χ4v) is 1.55. The molecular formula is C12H12N2O3. The lowest BCUT2D eigenvalue weighted by Gasteiger charge is -1.99. The Kier molecular flexibility index (Phi) is 3.20. The number of hydrogen-bond acceptors (Lipinski definition) is 3. The molecule has 0 fully saturated rings. The third kappa shape index (κ3) is 2.51. The fraction of sp³-hybridized carbons (Fsp3) is 0.167. The average Bonchev–Trinajstić information content (AvgIpc) is 2.80. The van der Waals surface area contributed by atoms with Crippen LogP contribution in [0, 0.1) is 0 Å². The van der Waals surface area contributed by atoms with E-state index in [1.165, 1.54) is 6.07 Å². The van der Waals surface area contributed by atoms with E-state index in [0.717, 1.165) is 11.1 Å². The van der Waals surface area contributed by atoms with Gasteiger partial charge in [-0.05, 0) is 18.1 Å². The van der Waals surface area contributed by atoms with E-state index in [1.54, 1.807) is 0 Å². The SMILES string of the molecule is O=C(O)c1cc(-c2ccc(CCO)cc2)n[nH]1. The third-order valence-electron chi connectivity index (χ3n) is 2.46. The summed E-state index contributed by atoms with van der Waals surface area (Å²) in [6.45, 7) is 0.116. The maximum Gasteiger partial charge on any atom is 0.353 e. The predicted molar refractivity (Wildman–Crippen MR) is 61.8 cm³/mol. The van der Waals surface area contributed by atoms with Gasteiger partial charge in [-0.15, -0.1) is 0 Å². The standard InChI is InChI=1S/C12H12N2O3/c15-6-5-8-1-3-9(4-2-8)10-7-11(12(16)17)14-13-10/h1-4,7,15H,5-6H2,(H,13,14)(H,16,17). The summed E-state index contributed by atoms with van der Waals surface area (Å²) in [7, 11) is 0. The van der Waals surface area contributed by atoms with Crippen LogP contribution in [-0.2, 0) is 6.42 Å². The summed E-state index contributed by atoms with van der Waals surface area (Å²) in [5, 5.41) is 23.9. The van der Waals surface area contributed by atoms with Crippen LogP contribution in [0.25, 0.3) is 11.3 Å². The molecule has 0 aliphatic heterocycles. The molecule has 0 aliphatic carbocycles. The number of carboxylic acids is 1. The van der Waals surface area contributed by atoms with Crippen molar-refractivity contribution < 1.29 is 15.0 Å². The number of carbonyl (C=O) groups is 1. The highest BCUT2D eigenvalue weighted by molar-refractivity contribution is 5.86. The summed E-state index contributed by atoms with van der Waals surface area (Å²) in [6.07, 6.45) is 0.612. The van der Waals surface area contributed by atoms with Crippen LogP contribution in [0.5, 0.6) is 0 Å². The van der Waals surface area contributed by atoms with Crippen LogP contribution in [0.15, 0.2) is 30.3 Å². The second-order valence-electron chi connectivity index (χ2n) is 3.64. The molecule has 2 aromatic rings. The maximum absolute atomic E-state index is 10.7. The number of H-pyrrole nitrogens is 1. The Labute approximate surface area is 97.7 Å². The number of aromatic amines is 1. The molecule has 1 aromatic heterocycles. The lowest BCUT2D eigenvalue weighted by molar-refractivity contribution is 0.0690. The largest absolute Gasteiger partial charge is 0.477 e. The van der Waals surface area contributed by atoms with Crippen molar-refractivity contribution in [3.8, 4) is 11.3 Å². The number of aromatic carboxylic acids is 1. The van der Waals surface area contributed by atoms with Crippen LogP contribution in [-0.4, -0.2) is 33.0 Å². The van der Waals surface area contributed by atoms with Crippen LogP contribution >= 0.6 is 0 Å². The summed E-state index contributed by atoms with van der Waals surface area (Å²) < 4.78 is 0. The predicted octanol–water partition coefficient (Wildman–Crippen LogP) is 1.31. The third-order valence-corrected chi connectivity index (χ3v) is 2.46. The molecule has 0 saturated carbocycles. The lowest BCUT2D eigenvalue weighted by Crippen LogP contribution is -1.95. The van der Waals surface area contributed by atoms with Crippen molar-refractivity contribution in [2.45, 2.75) is 6.42 Å². The van der Waals surface area contributed by atoms with Gasteiger partial charge in [0, 0.05) is 12.2 Å². The van der Waals surface area contributed by atoms with Crippen LogP contribution in [0.4, 0.5) is 0 Å². The van der Waals surface area contributed by atoms with E-state index in [9.17, 15) is 4.79 Å². The van der Waals surface area contributed by atoms with Crippen LogP contribution in [0.3, 0.4) is 0 Å². The molecule has 88 valence electrons. The molecule has 5 heteroatoms. The molecule has 5 nitrogen and oxygen atoms in total. The van der Waals surface area contributed by atoms with Gasteiger partial charge in [0.15, 0.2) is 0 Å². The molecule has 3 N–H and O–H groups in total. The molecule has 1 heterocycles. The van der Waals surface area contributed by atoms with Crippen molar-refractivity contribution in [1.82, 2.24) is 10.2 Å². The van der Waals surface area contributed by atoms with Crippen molar-refractivity contribution in [1.29, 1.82) is 0 Å². The monoisotopic (exact) mass is 232 g/mol. The molecule has 0 atom stereocenters. The number of nitrogens with zero attached hydrogens (tertiary/aromatic N) is 1. The van der Waals surface area contributed by atoms with E-state index in [2.05, 4.69) is 10.2 Å². The molecule has 0 saturated heterocycles. The van der Waals surface area contributed by atoms with E-state index < -0.39 is 5.97 Å². The van der Waals surface area contributed by atoms with Gasteiger partial charge in [0.25, 0.3) is 0 Å². The van der Waals surface area contributed by atoms with Crippen molar-refractivity contribution in [3.63, 3.8) is 0 Å². The van der Waals surface area contributed by atoms with E-state index in [1.807, 2.05) is 24.3 Å². The maximum atomic E-state index is 10.7. The van der Waals surface area contributed by atoms with Gasteiger partial charge in [0.2, 0.25) is 0 Å². The molecule has 0 aliphatic rings. The number of rotatable bonds is 4. The van der Waals surface area contributed by atoms with Gasteiger partial charge in [0.05, 0.1) is 5.69 Å². The smallest absolute Gasteiger partial charge is 0.353 e. The number of nitrogens with one attached hydrogen (secondary N) is 1. The van der Waals surface area contributed by atoms with Gasteiger partial charge >= 0.3 is 5.97 Å².